The van der Waals surface area contributed by atoms with Crippen LogP contribution in [0.5, 0.6) is 0 Å². The van der Waals surface area contributed by atoms with Crippen LogP contribution in [0.15, 0.2) is 40.6 Å². The second kappa shape index (κ2) is 9.90. The predicted molar refractivity (Wildman–Crippen MR) is 114 cm³/mol. The first-order chi connectivity index (χ1) is 13.9. The lowest BCUT2D eigenvalue weighted by atomic mass is 10.1. The first kappa shape index (κ1) is 22.0. The monoisotopic (exact) mass is 457 g/mol. The minimum atomic E-state index is -3.51. The zero-order chi connectivity index (χ0) is 20.9. The van der Waals surface area contributed by atoms with Gasteiger partial charge >= 0.3 is 6.03 Å². The van der Waals surface area contributed by atoms with Gasteiger partial charge in [-0.05, 0) is 36.2 Å². The largest absolute Gasteiger partial charge is 0.379 e. The Morgan fingerprint density at radius 1 is 1.21 bits per heavy atom. The van der Waals surface area contributed by atoms with Crippen LogP contribution < -0.4 is 10.6 Å². The van der Waals surface area contributed by atoms with E-state index in [4.69, 9.17) is 16.3 Å². The van der Waals surface area contributed by atoms with Gasteiger partial charge in [-0.3, -0.25) is 0 Å². The van der Waals surface area contributed by atoms with Crippen molar-refractivity contribution in [3.8, 4) is 0 Å². The highest BCUT2D eigenvalue weighted by Crippen LogP contribution is 2.25. The Bertz CT molecular complexity index is 925. The molecule has 29 heavy (non-hydrogen) atoms. The zero-order valence-corrected chi connectivity index (χ0v) is 18.4. The summed E-state index contributed by atoms with van der Waals surface area (Å²) in [7, 11) is -3.51. The highest BCUT2D eigenvalue weighted by atomic mass is 35.5. The average molecular weight is 458 g/mol. The standard InChI is InChI=1S/C19H24ClN3O4S2/c1-2-17(14-3-5-15(20)6-4-14)22-19(24)21-13-16-7-8-18(28-16)29(25,26)23-9-11-27-12-10-23/h3-8,17H,2,9-13H2,1H3,(H2,21,22,24)/t17-/m1/s1. The first-order valence-electron chi connectivity index (χ1n) is 9.36. The Balaban J connectivity index is 1.56. The number of hydrogen-bond donors (Lipinski definition) is 2. The number of morpholine rings is 1. The van der Waals surface area contributed by atoms with Gasteiger partial charge in [-0.2, -0.15) is 4.31 Å². The molecule has 1 aromatic carbocycles. The van der Waals surface area contributed by atoms with E-state index in [1.807, 2.05) is 19.1 Å². The fraction of sp³-hybridized carbons (Fsp3) is 0.421. The van der Waals surface area contributed by atoms with Gasteiger partial charge in [-0.1, -0.05) is 30.7 Å². The lowest BCUT2D eigenvalue weighted by Gasteiger charge is -2.25. The Kier molecular flexibility index (Phi) is 7.53. The summed E-state index contributed by atoms with van der Waals surface area (Å²) in [6, 6.07) is 10.2. The number of urea groups is 1. The molecule has 1 fully saturated rings. The molecule has 2 heterocycles. The maximum atomic E-state index is 12.7. The van der Waals surface area contributed by atoms with Crippen LogP contribution in [-0.2, 0) is 21.3 Å². The maximum absolute atomic E-state index is 12.7. The minimum absolute atomic E-state index is 0.132. The molecule has 2 N–H and O–H groups in total. The molecule has 158 valence electrons. The van der Waals surface area contributed by atoms with Gasteiger partial charge in [0.05, 0.1) is 25.8 Å². The summed E-state index contributed by atoms with van der Waals surface area (Å²) < 4.78 is 32.3. The van der Waals surface area contributed by atoms with E-state index >= 15 is 0 Å². The third-order valence-electron chi connectivity index (χ3n) is 4.61. The molecule has 1 atom stereocenters. The Hall–Kier alpha value is -1.65. The van der Waals surface area contributed by atoms with E-state index in [0.717, 1.165) is 16.9 Å². The quantitative estimate of drug-likeness (QED) is 0.667. The number of thiophene rings is 1. The van der Waals surface area contributed by atoms with Gasteiger partial charge in [0.15, 0.2) is 0 Å². The smallest absolute Gasteiger partial charge is 0.315 e. The molecule has 0 bridgehead atoms. The second-order valence-corrected chi connectivity index (χ2v) is 10.3. The molecular weight excluding hydrogens is 434 g/mol. The van der Waals surface area contributed by atoms with Crippen LogP contribution in [0.2, 0.25) is 5.02 Å². The summed E-state index contributed by atoms with van der Waals surface area (Å²) in [6.45, 7) is 3.78. The van der Waals surface area contributed by atoms with Gasteiger partial charge < -0.3 is 15.4 Å². The lowest BCUT2D eigenvalue weighted by molar-refractivity contribution is 0.0731. The highest BCUT2D eigenvalue weighted by molar-refractivity contribution is 7.91. The molecular formula is C19H24ClN3O4S2. The number of nitrogens with zero attached hydrogens (tertiary/aromatic N) is 1. The number of carbonyl (C=O) groups excluding carboxylic acids is 1. The number of sulfonamides is 1. The van der Waals surface area contributed by atoms with Crippen LogP contribution in [0.1, 0.15) is 29.8 Å². The normalized spacial score (nSPS) is 16.3. The molecule has 0 aliphatic carbocycles. The topological polar surface area (TPSA) is 87.7 Å². The third-order valence-corrected chi connectivity index (χ3v) is 8.31. The number of amides is 2. The van der Waals surface area contributed by atoms with Crippen molar-refractivity contribution in [1.82, 2.24) is 14.9 Å². The van der Waals surface area contributed by atoms with Gasteiger partial charge in [0.2, 0.25) is 0 Å². The molecule has 1 aromatic heterocycles. The van der Waals surface area contributed by atoms with Crippen LogP contribution >= 0.6 is 22.9 Å². The molecule has 0 saturated carbocycles. The number of halogens is 1. The van der Waals surface area contributed by atoms with E-state index in [2.05, 4.69) is 10.6 Å². The van der Waals surface area contributed by atoms with Crippen molar-refractivity contribution in [3.05, 3.63) is 51.9 Å². The SMILES string of the molecule is CC[C@@H](NC(=O)NCc1ccc(S(=O)(=O)N2CCOCC2)s1)c1ccc(Cl)cc1. The third kappa shape index (κ3) is 5.70. The maximum Gasteiger partial charge on any atom is 0.315 e. The predicted octanol–water partition coefficient (Wildman–Crippen LogP) is 3.37. The summed E-state index contributed by atoms with van der Waals surface area (Å²) in [5.41, 5.74) is 0.974. The second-order valence-electron chi connectivity index (χ2n) is 6.58. The van der Waals surface area contributed by atoms with Gasteiger partial charge in [-0.15, -0.1) is 11.3 Å². The summed E-state index contributed by atoms with van der Waals surface area (Å²) >= 11 is 7.09. The van der Waals surface area contributed by atoms with Crippen LogP contribution in [0.4, 0.5) is 4.79 Å². The minimum Gasteiger partial charge on any atom is -0.379 e. The first-order valence-corrected chi connectivity index (χ1v) is 12.0. The number of rotatable bonds is 7. The van der Waals surface area contributed by atoms with Crippen molar-refractivity contribution >= 4 is 39.0 Å². The Labute approximate surface area is 180 Å². The van der Waals surface area contributed by atoms with E-state index in [-0.39, 0.29) is 22.8 Å². The molecule has 2 aromatic rings. The molecule has 0 radical (unpaired) electrons. The zero-order valence-electron chi connectivity index (χ0n) is 16.1. The molecule has 7 nitrogen and oxygen atoms in total. The summed E-state index contributed by atoms with van der Waals surface area (Å²) in [5.74, 6) is 0. The van der Waals surface area contributed by atoms with Crippen molar-refractivity contribution in [3.63, 3.8) is 0 Å². The number of hydrogen-bond acceptors (Lipinski definition) is 5. The molecule has 1 aliphatic rings. The summed E-state index contributed by atoms with van der Waals surface area (Å²) in [6.07, 6.45) is 0.732. The van der Waals surface area contributed by atoms with Gasteiger partial charge in [0.1, 0.15) is 4.21 Å². The molecule has 2 amide bonds. The van der Waals surface area contributed by atoms with Gasteiger partial charge in [0.25, 0.3) is 10.0 Å². The van der Waals surface area contributed by atoms with Crippen molar-refractivity contribution in [2.75, 3.05) is 26.3 Å². The molecule has 1 saturated heterocycles. The van der Waals surface area contributed by atoms with E-state index in [1.165, 1.54) is 15.6 Å². The molecule has 10 heteroatoms. The fourth-order valence-corrected chi connectivity index (χ4v) is 5.98. The molecule has 0 spiro atoms. The molecule has 0 unspecified atom stereocenters. The fourth-order valence-electron chi connectivity index (χ4n) is 3.00. The average Bonchev–Trinajstić information content (AvgIpc) is 3.22. The Morgan fingerprint density at radius 3 is 2.55 bits per heavy atom. The van der Waals surface area contributed by atoms with Gasteiger partial charge in [0, 0.05) is 23.0 Å². The van der Waals surface area contributed by atoms with Crippen LogP contribution in [0.25, 0.3) is 0 Å². The number of ether oxygens (including phenoxy) is 1. The van der Waals surface area contributed by atoms with Crippen molar-refractivity contribution in [2.45, 2.75) is 30.1 Å². The van der Waals surface area contributed by atoms with Crippen molar-refractivity contribution in [2.24, 2.45) is 0 Å². The number of carbonyl (C=O) groups is 1. The molecule has 3 rings (SSSR count). The van der Waals surface area contributed by atoms with Gasteiger partial charge in [-0.25, -0.2) is 13.2 Å². The van der Waals surface area contributed by atoms with Crippen LogP contribution in [-0.4, -0.2) is 45.1 Å². The van der Waals surface area contributed by atoms with Crippen LogP contribution in [0.3, 0.4) is 0 Å². The number of nitrogens with one attached hydrogen (secondary N) is 2. The highest BCUT2D eigenvalue weighted by Gasteiger charge is 2.27. The van der Waals surface area contributed by atoms with Crippen molar-refractivity contribution < 1.29 is 17.9 Å². The van der Waals surface area contributed by atoms with E-state index in [0.29, 0.717) is 31.3 Å². The van der Waals surface area contributed by atoms with E-state index < -0.39 is 10.0 Å². The van der Waals surface area contributed by atoms with Crippen molar-refractivity contribution in [1.29, 1.82) is 0 Å². The Morgan fingerprint density at radius 2 is 1.90 bits per heavy atom. The molecule has 1 aliphatic heterocycles. The van der Waals surface area contributed by atoms with Crippen LogP contribution in [0, 0.1) is 0 Å². The summed E-state index contributed by atoms with van der Waals surface area (Å²) in [4.78, 5) is 13.1. The van der Waals surface area contributed by atoms with E-state index in [9.17, 15) is 13.2 Å². The summed E-state index contributed by atoms with van der Waals surface area (Å²) in [5, 5.41) is 6.37. The van der Waals surface area contributed by atoms with E-state index in [1.54, 1.807) is 24.3 Å². The lowest BCUT2D eigenvalue weighted by Crippen LogP contribution is -2.40. The number of benzene rings is 1.